The molecule has 1 aromatic rings. The number of benzene rings is 1. The number of nitrogens with one attached hydrogen (secondary N) is 1. The van der Waals surface area contributed by atoms with Crippen molar-refractivity contribution in [1.29, 1.82) is 0 Å². The third-order valence-electron chi connectivity index (χ3n) is 4.23. The van der Waals surface area contributed by atoms with Gasteiger partial charge < -0.3 is 5.32 Å². The average molecular weight is 274 g/mol. The lowest BCUT2D eigenvalue weighted by Crippen LogP contribution is -2.31. The van der Waals surface area contributed by atoms with E-state index in [9.17, 15) is 4.39 Å². The Morgan fingerprint density at radius 1 is 1.29 bits per heavy atom. The summed E-state index contributed by atoms with van der Waals surface area (Å²) in [6.07, 6.45) is 0.576. The minimum atomic E-state index is -0.684. The van der Waals surface area contributed by atoms with Crippen molar-refractivity contribution in [3.8, 4) is 0 Å². The highest BCUT2D eigenvalue weighted by Gasteiger charge is 2.51. The first-order valence-corrected chi connectivity index (χ1v) is 6.68. The molecule has 1 aromatic carbocycles. The number of fused-ring (bicyclic) bond motifs is 1. The van der Waals surface area contributed by atoms with Gasteiger partial charge in [-0.1, -0.05) is 29.3 Å². The Morgan fingerprint density at radius 3 is 2.88 bits per heavy atom. The molecule has 4 heteroatoms. The molecule has 0 aromatic heterocycles. The van der Waals surface area contributed by atoms with Crippen LogP contribution in [0.5, 0.6) is 0 Å². The lowest BCUT2D eigenvalue weighted by atomic mass is 9.74. The minimum absolute atomic E-state index is 0.0757. The van der Waals surface area contributed by atoms with Crippen molar-refractivity contribution in [2.45, 2.75) is 24.4 Å². The molecule has 1 saturated heterocycles. The molecule has 1 N–H and O–H groups in total. The average Bonchev–Trinajstić information content (AvgIpc) is 2.78. The molecule has 0 spiro atoms. The fourth-order valence-electron chi connectivity index (χ4n) is 3.41. The molecular formula is C13H14Cl2FN. The summed E-state index contributed by atoms with van der Waals surface area (Å²) in [4.78, 5) is 0. The molecule has 1 nitrogen and oxygen atoms in total. The monoisotopic (exact) mass is 273 g/mol. The maximum atomic E-state index is 13.7. The number of hydrogen-bond acceptors (Lipinski definition) is 1. The second kappa shape index (κ2) is 4.11. The van der Waals surface area contributed by atoms with Crippen molar-refractivity contribution in [2.24, 2.45) is 5.92 Å². The standard InChI is InChI=1S/C13H14Cl2FN/c14-11-2-1-8(4-12(11)15)13-5-10(16)3-9(13)6-17-7-13/h1-2,4,9-10,17H,3,5-7H2/t9-,10+,13+/m1/s1. The molecule has 3 rings (SSSR count). The quantitative estimate of drug-likeness (QED) is 0.825. The first kappa shape index (κ1) is 11.8. The maximum Gasteiger partial charge on any atom is 0.101 e. The normalized spacial score (nSPS) is 36.2. The molecule has 1 aliphatic heterocycles. The van der Waals surface area contributed by atoms with Crippen LogP contribution in [-0.4, -0.2) is 19.3 Å². The summed E-state index contributed by atoms with van der Waals surface area (Å²) < 4.78 is 13.7. The van der Waals surface area contributed by atoms with Gasteiger partial charge in [-0.3, -0.25) is 0 Å². The fourth-order valence-corrected chi connectivity index (χ4v) is 3.70. The van der Waals surface area contributed by atoms with Crippen LogP contribution >= 0.6 is 23.2 Å². The molecule has 2 aliphatic rings. The van der Waals surface area contributed by atoms with E-state index in [-0.39, 0.29) is 5.41 Å². The molecule has 3 atom stereocenters. The van der Waals surface area contributed by atoms with Crippen LogP contribution in [0.4, 0.5) is 4.39 Å². The van der Waals surface area contributed by atoms with Crippen LogP contribution in [0.25, 0.3) is 0 Å². The van der Waals surface area contributed by atoms with Crippen molar-refractivity contribution in [3.05, 3.63) is 33.8 Å². The highest BCUT2D eigenvalue weighted by atomic mass is 35.5. The van der Waals surface area contributed by atoms with Crippen LogP contribution in [0.2, 0.25) is 10.0 Å². The predicted octanol–water partition coefficient (Wildman–Crippen LogP) is 3.58. The third kappa shape index (κ3) is 1.78. The smallest absolute Gasteiger partial charge is 0.101 e. The van der Waals surface area contributed by atoms with Gasteiger partial charge in [-0.05, 0) is 43.0 Å². The number of rotatable bonds is 1. The summed E-state index contributed by atoms with van der Waals surface area (Å²) in [6, 6.07) is 5.71. The van der Waals surface area contributed by atoms with E-state index >= 15 is 0 Å². The predicted molar refractivity (Wildman–Crippen MR) is 68.6 cm³/mol. The van der Waals surface area contributed by atoms with Crippen LogP contribution in [0.1, 0.15) is 18.4 Å². The largest absolute Gasteiger partial charge is 0.316 e. The molecule has 1 heterocycles. The molecule has 0 unspecified atom stereocenters. The van der Waals surface area contributed by atoms with Crippen molar-refractivity contribution < 1.29 is 4.39 Å². The van der Waals surface area contributed by atoms with Gasteiger partial charge in [0, 0.05) is 12.0 Å². The lowest BCUT2D eigenvalue weighted by Gasteiger charge is -2.29. The van der Waals surface area contributed by atoms with Gasteiger partial charge in [0.1, 0.15) is 6.17 Å². The molecule has 0 amide bonds. The summed E-state index contributed by atoms with van der Waals surface area (Å²) in [5.41, 5.74) is 1.05. The Balaban J connectivity index is 2.04. The Labute approximate surface area is 110 Å². The molecule has 0 radical (unpaired) electrons. The van der Waals surface area contributed by atoms with Crippen molar-refractivity contribution in [1.82, 2.24) is 5.32 Å². The van der Waals surface area contributed by atoms with E-state index in [4.69, 9.17) is 23.2 Å². The van der Waals surface area contributed by atoms with E-state index in [0.717, 1.165) is 18.7 Å². The first-order chi connectivity index (χ1) is 8.12. The molecule has 0 bridgehead atoms. The zero-order valence-electron chi connectivity index (χ0n) is 9.35. The van der Waals surface area contributed by atoms with E-state index in [1.54, 1.807) is 0 Å². The van der Waals surface area contributed by atoms with E-state index in [1.165, 1.54) is 0 Å². The van der Waals surface area contributed by atoms with E-state index in [0.29, 0.717) is 28.8 Å². The van der Waals surface area contributed by atoms with Gasteiger partial charge in [0.15, 0.2) is 0 Å². The summed E-state index contributed by atoms with van der Waals surface area (Å²) >= 11 is 12.0. The highest BCUT2D eigenvalue weighted by molar-refractivity contribution is 6.42. The Kier molecular flexibility index (Phi) is 2.85. The highest BCUT2D eigenvalue weighted by Crippen LogP contribution is 2.49. The van der Waals surface area contributed by atoms with Gasteiger partial charge in [0.05, 0.1) is 10.0 Å². The maximum absolute atomic E-state index is 13.7. The second-order valence-electron chi connectivity index (χ2n) is 5.15. The van der Waals surface area contributed by atoms with Gasteiger partial charge in [0.25, 0.3) is 0 Å². The summed E-state index contributed by atoms with van der Waals surface area (Å²) in [5, 5.41) is 4.50. The van der Waals surface area contributed by atoms with Crippen molar-refractivity contribution in [3.63, 3.8) is 0 Å². The summed E-state index contributed by atoms with van der Waals surface area (Å²) in [7, 11) is 0. The zero-order valence-corrected chi connectivity index (χ0v) is 10.9. The van der Waals surface area contributed by atoms with Crippen LogP contribution in [0.15, 0.2) is 18.2 Å². The van der Waals surface area contributed by atoms with E-state index in [2.05, 4.69) is 5.32 Å². The van der Waals surface area contributed by atoms with Gasteiger partial charge in [-0.25, -0.2) is 4.39 Å². The fraction of sp³-hybridized carbons (Fsp3) is 0.538. The van der Waals surface area contributed by atoms with Crippen molar-refractivity contribution in [2.75, 3.05) is 13.1 Å². The van der Waals surface area contributed by atoms with Gasteiger partial charge in [-0.2, -0.15) is 0 Å². The van der Waals surface area contributed by atoms with Gasteiger partial charge in [0.2, 0.25) is 0 Å². The van der Waals surface area contributed by atoms with Crippen LogP contribution < -0.4 is 5.32 Å². The van der Waals surface area contributed by atoms with E-state index < -0.39 is 6.17 Å². The van der Waals surface area contributed by atoms with Crippen LogP contribution in [0, 0.1) is 5.92 Å². The van der Waals surface area contributed by atoms with Crippen molar-refractivity contribution >= 4 is 23.2 Å². The number of alkyl halides is 1. The van der Waals surface area contributed by atoms with Gasteiger partial charge >= 0.3 is 0 Å². The Bertz CT molecular complexity index is 451. The zero-order chi connectivity index (χ0) is 12.0. The molecule has 1 aliphatic carbocycles. The molecular weight excluding hydrogens is 260 g/mol. The summed E-state index contributed by atoms with van der Waals surface area (Å²) in [6.45, 7) is 1.75. The molecule has 92 valence electrons. The molecule has 17 heavy (non-hydrogen) atoms. The number of hydrogen-bond donors (Lipinski definition) is 1. The molecule has 2 fully saturated rings. The first-order valence-electron chi connectivity index (χ1n) is 5.92. The second-order valence-corrected chi connectivity index (χ2v) is 5.96. The van der Waals surface area contributed by atoms with Crippen LogP contribution in [0.3, 0.4) is 0 Å². The number of halogens is 3. The van der Waals surface area contributed by atoms with E-state index in [1.807, 2.05) is 18.2 Å². The SMILES string of the molecule is F[C@H]1C[C@@H]2CNC[C@]2(c2ccc(Cl)c(Cl)c2)C1. The topological polar surface area (TPSA) is 12.0 Å². The summed E-state index contributed by atoms with van der Waals surface area (Å²) in [5.74, 6) is 0.384. The third-order valence-corrected chi connectivity index (χ3v) is 4.97. The Morgan fingerprint density at radius 2 is 2.12 bits per heavy atom. The minimum Gasteiger partial charge on any atom is -0.316 e. The molecule has 1 saturated carbocycles. The van der Waals surface area contributed by atoms with Gasteiger partial charge in [-0.15, -0.1) is 0 Å². The Hall–Kier alpha value is -0.310. The van der Waals surface area contributed by atoms with Crippen LogP contribution in [-0.2, 0) is 5.41 Å². The lowest BCUT2D eigenvalue weighted by molar-refractivity contribution is 0.316.